The van der Waals surface area contributed by atoms with Crippen molar-refractivity contribution in [2.24, 2.45) is 5.92 Å². The van der Waals surface area contributed by atoms with Gasteiger partial charge in [0.1, 0.15) is 0 Å². The fourth-order valence-corrected chi connectivity index (χ4v) is 3.49. The number of nitrogens with zero attached hydrogens (tertiary/aromatic N) is 2. The molecule has 2 aliphatic rings. The minimum Gasteiger partial charge on any atom is -0.355 e. The number of nitrogens with one attached hydrogen (secondary N) is 1. The third-order valence-electron chi connectivity index (χ3n) is 4.95. The fourth-order valence-electron chi connectivity index (χ4n) is 3.26. The molecule has 136 valence electrons. The molecule has 2 aromatic rings. The predicted octanol–water partition coefficient (Wildman–Crippen LogP) is 3.13. The van der Waals surface area contributed by atoms with Crippen molar-refractivity contribution in [1.29, 1.82) is 0 Å². The molecule has 2 amide bonds. The Labute approximate surface area is 156 Å². The molecule has 4 rings (SSSR count). The summed E-state index contributed by atoms with van der Waals surface area (Å²) in [6.07, 6.45) is 3.57. The van der Waals surface area contributed by atoms with Crippen molar-refractivity contribution < 1.29 is 14.1 Å². The molecule has 1 N–H and O–H groups in total. The summed E-state index contributed by atoms with van der Waals surface area (Å²) < 4.78 is 5.28. The number of benzene rings is 1. The van der Waals surface area contributed by atoms with Crippen LogP contribution in [-0.2, 0) is 4.79 Å². The second kappa shape index (κ2) is 7.11. The lowest BCUT2D eigenvalue weighted by atomic mass is 10.0. The van der Waals surface area contributed by atoms with Gasteiger partial charge in [-0.1, -0.05) is 28.9 Å². The van der Waals surface area contributed by atoms with Gasteiger partial charge in [0.25, 0.3) is 5.91 Å². The topological polar surface area (TPSA) is 75.4 Å². The summed E-state index contributed by atoms with van der Waals surface area (Å²) in [4.78, 5) is 26.4. The van der Waals surface area contributed by atoms with E-state index >= 15 is 0 Å². The van der Waals surface area contributed by atoms with E-state index in [1.165, 1.54) is 0 Å². The van der Waals surface area contributed by atoms with E-state index in [1.807, 2.05) is 23.1 Å². The maximum absolute atomic E-state index is 12.4. The van der Waals surface area contributed by atoms with E-state index in [4.69, 9.17) is 16.1 Å². The molecule has 2 heterocycles. The van der Waals surface area contributed by atoms with E-state index in [0.717, 1.165) is 25.7 Å². The lowest BCUT2D eigenvalue weighted by Crippen LogP contribution is -2.47. The molecule has 2 fully saturated rings. The highest BCUT2D eigenvalue weighted by Gasteiger charge is 2.35. The Morgan fingerprint density at radius 2 is 1.88 bits per heavy atom. The average Bonchev–Trinajstić information content (AvgIpc) is 3.39. The maximum Gasteiger partial charge on any atom is 0.273 e. The Kier molecular flexibility index (Phi) is 4.68. The summed E-state index contributed by atoms with van der Waals surface area (Å²) in [5.74, 6) is 0.722. The van der Waals surface area contributed by atoms with Gasteiger partial charge in [-0.3, -0.25) is 9.59 Å². The van der Waals surface area contributed by atoms with Crippen molar-refractivity contribution in [3.63, 3.8) is 0 Å². The van der Waals surface area contributed by atoms with Crippen LogP contribution in [0.4, 0.5) is 0 Å². The normalized spacial score (nSPS) is 18.0. The predicted molar refractivity (Wildman–Crippen MR) is 96.7 cm³/mol. The van der Waals surface area contributed by atoms with E-state index in [9.17, 15) is 9.59 Å². The molecule has 1 aliphatic heterocycles. The minimum atomic E-state index is -0.265. The molecule has 1 saturated carbocycles. The van der Waals surface area contributed by atoms with E-state index in [2.05, 4.69) is 10.5 Å². The molecule has 0 bridgehead atoms. The van der Waals surface area contributed by atoms with Gasteiger partial charge >= 0.3 is 0 Å². The largest absolute Gasteiger partial charge is 0.355 e. The Bertz CT molecular complexity index is 823. The van der Waals surface area contributed by atoms with E-state index in [-0.39, 0.29) is 29.5 Å². The number of hydrogen-bond acceptors (Lipinski definition) is 4. The number of carbonyl (C=O) groups is 2. The van der Waals surface area contributed by atoms with Crippen LogP contribution in [0.5, 0.6) is 0 Å². The highest BCUT2D eigenvalue weighted by molar-refractivity contribution is 6.33. The van der Waals surface area contributed by atoms with Gasteiger partial charge in [-0.2, -0.15) is 0 Å². The zero-order valence-corrected chi connectivity index (χ0v) is 15.0. The van der Waals surface area contributed by atoms with Crippen LogP contribution < -0.4 is 5.32 Å². The van der Waals surface area contributed by atoms with Crippen molar-refractivity contribution in [2.75, 3.05) is 13.1 Å². The van der Waals surface area contributed by atoms with Crippen LogP contribution in [0.3, 0.4) is 0 Å². The van der Waals surface area contributed by atoms with E-state index in [1.54, 1.807) is 12.1 Å². The lowest BCUT2D eigenvalue weighted by molar-refractivity contribution is -0.133. The molecule has 0 spiro atoms. The average molecular weight is 374 g/mol. The Hall–Kier alpha value is -2.34. The first kappa shape index (κ1) is 17.1. The summed E-state index contributed by atoms with van der Waals surface area (Å²) in [6.45, 7) is 1.40. The SMILES string of the molecule is O=C(NC1CCN(C(=O)C2CC2)CC1)c1cc(-c2ccccc2Cl)on1. The Morgan fingerprint density at radius 3 is 2.58 bits per heavy atom. The van der Waals surface area contributed by atoms with Crippen LogP contribution in [0.1, 0.15) is 36.2 Å². The number of halogens is 1. The third-order valence-corrected chi connectivity index (χ3v) is 5.28. The van der Waals surface area contributed by atoms with Crippen molar-refractivity contribution >= 4 is 23.4 Å². The van der Waals surface area contributed by atoms with Gasteiger partial charge in [0.15, 0.2) is 11.5 Å². The van der Waals surface area contributed by atoms with Gasteiger partial charge in [0.05, 0.1) is 5.02 Å². The number of rotatable bonds is 4. The summed E-state index contributed by atoms with van der Waals surface area (Å²) in [6, 6.07) is 8.90. The first-order valence-corrected chi connectivity index (χ1v) is 9.31. The molecular formula is C19H20ClN3O3. The molecule has 1 aromatic heterocycles. The summed E-state index contributed by atoms with van der Waals surface area (Å²) >= 11 is 6.15. The molecule has 0 atom stereocenters. The molecule has 0 radical (unpaired) electrons. The quantitative estimate of drug-likeness (QED) is 0.893. The highest BCUT2D eigenvalue weighted by Crippen LogP contribution is 2.32. The first-order chi connectivity index (χ1) is 12.6. The molecule has 1 aliphatic carbocycles. The summed E-state index contributed by atoms with van der Waals surface area (Å²) in [5, 5.41) is 7.39. The molecule has 0 unspecified atom stereocenters. The number of aromatic nitrogens is 1. The molecule has 7 heteroatoms. The van der Waals surface area contributed by atoms with Crippen molar-refractivity contribution in [2.45, 2.75) is 31.7 Å². The third kappa shape index (κ3) is 3.60. The second-order valence-electron chi connectivity index (χ2n) is 6.90. The first-order valence-electron chi connectivity index (χ1n) is 8.93. The molecule has 26 heavy (non-hydrogen) atoms. The van der Waals surface area contributed by atoms with Crippen molar-refractivity contribution in [1.82, 2.24) is 15.4 Å². The molecule has 1 saturated heterocycles. The van der Waals surface area contributed by atoms with Gasteiger partial charge in [0, 0.05) is 36.7 Å². The van der Waals surface area contributed by atoms with Gasteiger partial charge in [-0.05, 0) is 37.8 Å². The smallest absolute Gasteiger partial charge is 0.273 e. The van der Waals surface area contributed by atoms with E-state index in [0.29, 0.717) is 29.4 Å². The second-order valence-corrected chi connectivity index (χ2v) is 7.31. The molecular weight excluding hydrogens is 354 g/mol. The maximum atomic E-state index is 12.4. The van der Waals surface area contributed by atoms with Crippen LogP contribution in [0.2, 0.25) is 5.02 Å². The number of piperidine rings is 1. The summed E-state index contributed by atoms with van der Waals surface area (Å²) in [5.41, 5.74) is 0.934. The lowest BCUT2D eigenvalue weighted by Gasteiger charge is -2.32. The van der Waals surface area contributed by atoms with Gasteiger partial charge < -0.3 is 14.7 Å². The number of hydrogen-bond donors (Lipinski definition) is 1. The van der Waals surface area contributed by atoms with E-state index < -0.39 is 0 Å². The number of carbonyl (C=O) groups excluding carboxylic acids is 2. The number of likely N-dealkylation sites (tertiary alicyclic amines) is 1. The van der Waals surface area contributed by atoms with Crippen molar-refractivity contribution in [3.8, 4) is 11.3 Å². The van der Waals surface area contributed by atoms with Gasteiger partial charge in [-0.25, -0.2) is 0 Å². The minimum absolute atomic E-state index is 0.0474. The molecule has 1 aromatic carbocycles. The van der Waals surface area contributed by atoms with Crippen LogP contribution in [0.25, 0.3) is 11.3 Å². The zero-order valence-electron chi connectivity index (χ0n) is 14.3. The van der Waals surface area contributed by atoms with Gasteiger partial charge in [0.2, 0.25) is 5.91 Å². The highest BCUT2D eigenvalue weighted by atomic mass is 35.5. The van der Waals surface area contributed by atoms with Crippen LogP contribution >= 0.6 is 11.6 Å². The Balaban J connectivity index is 1.34. The molecule has 6 nitrogen and oxygen atoms in total. The van der Waals surface area contributed by atoms with Crippen LogP contribution in [0.15, 0.2) is 34.9 Å². The number of amides is 2. The monoisotopic (exact) mass is 373 g/mol. The Morgan fingerprint density at radius 1 is 1.15 bits per heavy atom. The summed E-state index contributed by atoms with van der Waals surface area (Å²) in [7, 11) is 0. The fraction of sp³-hybridized carbons (Fsp3) is 0.421. The van der Waals surface area contributed by atoms with Crippen LogP contribution in [-0.4, -0.2) is 41.0 Å². The standard InChI is InChI=1S/C19H20ClN3O3/c20-15-4-2-1-3-14(15)17-11-16(22-26-17)18(24)21-13-7-9-23(10-8-13)19(25)12-5-6-12/h1-4,11-13H,5-10H2,(H,21,24). The zero-order chi connectivity index (χ0) is 18.1. The van der Waals surface area contributed by atoms with Crippen LogP contribution in [0, 0.1) is 5.92 Å². The van der Waals surface area contributed by atoms with Crippen molar-refractivity contribution in [3.05, 3.63) is 41.0 Å². The van der Waals surface area contributed by atoms with Gasteiger partial charge in [-0.15, -0.1) is 0 Å².